The minimum absolute atomic E-state index is 0.606. The van der Waals surface area contributed by atoms with Gasteiger partial charge in [0.25, 0.3) is 0 Å². The van der Waals surface area contributed by atoms with Crippen LogP contribution in [0.5, 0.6) is 0 Å². The summed E-state index contributed by atoms with van der Waals surface area (Å²) in [5.74, 6) is 0. The van der Waals surface area contributed by atoms with Gasteiger partial charge < -0.3 is 0 Å². The van der Waals surface area contributed by atoms with E-state index in [0.717, 1.165) is 6.04 Å². The molecule has 0 aromatic heterocycles. The van der Waals surface area contributed by atoms with Crippen LogP contribution in [0.4, 0.5) is 0 Å². The van der Waals surface area contributed by atoms with E-state index in [-0.39, 0.29) is 0 Å². The quantitative estimate of drug-likeness (QED) is 0.323. The standard InChI is InChI=1S/C6H13IN/c1-6-5-7-3-4-8(6)2/h6H,3-5H2,1-2H3/q-1/t6-/m0/s1. The van der Waals surface area contributed by atoms with Crippen molar-refractivity contribution in [1.29, 1.82) is 0 Å². The van der Waals surface area contributed by atoms with E-state index >= 15 is 0 Å². The zero-order valence-electron chi connectivity index (χ0n) is 5.52. The Morgan fingerprint density at radius 3 is 2.75 bits per heavy atom. The number of halogens is 1. The summed E-state index contributed by atoms with van der Waals surface area (Å²) in [5.41, 5.74) is 0. The van der Waals surface area contributed by atoms with Crippen LogP contribution in [0.25, 0.3) is 0 Å². The van der Waals surface area contributed by atoms with Crippen molar-refractivity contribution in [3.05, 3.63) is 0 Å². The average molecular weight is 226 g/mol. The molecular weight excluding hydrogens is 213 g/mol. The van der Waals surface area contributed by atoms with Gasteiger partial charge in [-0.1, -0.05) is 0 Å². The van der Waals surface area contributed by atoms with E-state index in [1.165, 1.54) is 15.4 Å². The fraction of sp³-hybridized carbons (Fsp3) is 1.00. The summed E-state index contributed by atoms with van der Waals surface area (Å²) in [7, 11) is 2.23. The second-order valence-electron chi connectivity index (χ2n) is 2.36. The van der Waals surface area contributed by atoms with E-state index in [1.807, 2.05) is 0 Å². The summed E-state index contributed by atoms with van der Waals surface area (Å²) in [6.45, 7) is 3.69. The monoisotopic (exact) mass is 226 g/mol. The molecule has 1 rings (SSSR count). The molecule has 0 saturated carbocycles. The average Bonchev–Trinajstić information content (AvgIpc) is 1.77. The normalized spacial score (nSPS) is 34.0. The molecule has 1 aliphatic heterocycles. The van der Waals surface area contributed by atoms with Crippen molar-refractivity contribution < 1.29 is 21.2 Å². The molecule has 0 aromatic carbocycles. The Bertz CT molecular complexity index is 64.9. The number of rotatable bonds is 0. The Morgan fingerprint density at radius 1 is 1.62 bits per heavy atom. The van der Waals surface area contributed by atoms with Gasteiger partial charge in [0.15, 0.2) is 0 Å². The van der Waals surface area contributed by atoms with Crippen LogP contribution in [0, 0.1) is 0 Å². The van der Waals surface area contributed by atoms with Crippen molar-refractivity contribution in [2.75, 3.05) is 22.4 Å². The van der Waals surface area contributed by atoms with Crippen molar-refractivity contribution in [1.82, 2.24) is 4.90 Å². The first-order valence-electron chi connectivity index (χ1n) is 3.04. The molecule has 0 radical (unpaired) electrons. The van der Waals surface area contributed by atoms with E-state index < -0.39 is 0 Å². The Hall–Kier alpha value is 0.690. The molecule has 0 aromatic rings. The summed E-state index contributed by atoms with van der Waals surface area (Å²) in [6.07, 6.45) is 0. The zero-order chi connectivity index (χ0) is 5.98. The Kier molecular flexibility index (Phi) is 2.56. The number of hydrogen-bond donors (Lipinski definition) is 0. The number of hydrogen-bond acceptors (Lipinski definition) is 1. The molecular formula is C6H13IN-. The molecule has 1 nitrogen and oxygen atoms in total. The van der Waals surface area contributed by atoms with Gasteiger partial charge in [0.1, 0.15) is 0 Å². The molecule has 1 aliphatic rings. The van der Waals surface area contributed by atoms with Crippen LogP contribution < -0.4 is 21.2 Å². The third kappa shape index (κ3) is 1.58. The molecule has 8 heavy (non-hydrogen) atoms. The van der Waals surface area contributed by atoms with Crippen molar-refractivity contribution in [2.24, 2.45) is 0 Å². The molecule has 0 bridgehead atoms. The first-order chi connectivity index (χ1) is 3.80. The van der Waals surface area contributed by atoms with Gasteiger partial charge in [-0.2, -0.15) is 0 Å². The van der Waals surface area contributed by atoms with Crippen LogP contribution in [0.2, 0.25) is 0 Å². The maximum atomic E-state index is 2.46. The van der Waals surface area contributed by atoms with Gasteiger partial charge in [-0.3, -0.25) is 0 Å². The van der Waals surface area contributed by atoms with Crippen molar-refractivity contribution in [3.8, 4) is 0 Å². The molecule has 0 N–H and O–H groups in total. The Balaban J connectivity index is 2.28. The van der Waals surface area contributed by atoms with E-state index in [2.05, 4.69) is 18.9 Å². The number of nitrogens with zero attached hydrogens (tertiary/aromatic N) is 1. The molecule has 0 aliphatic carbocycles. The van der Waals surface area contributed by atoms with Gasteiger partial charge in [-0.15, -0.1) is 0 Å². The summed E-state index contributed by atoms with van der Waals surface area (Å²) in [5, 5.41) is 0. The van der Waals surface area contributed by atoms with Gasteiger partial charge in [0, 0.05) is 0 Å². The molecule has 0 unspecified atom stereocenters. The van der Waals surface area contributed by atoms with Crippen molar-refractivity contribution in [3.63, 3.8) is 0 Å². The summed E-state index contributed by atoms with van der Waals surface area (Å²) in [4.78, 5) is 2.46. The minimum atomic E-state index is 0.606. The molecule has 2 heteroatoms. The van der Waals surface area contributed by atoms with E-state index in [9.17, 15) is 0 Å². The first kappa shape index (κ1) is 6.81. The zero-order valence-corrected chi connectivity index (χ0v) is 7.68. The maximum absolute atomic E-state index is 2.46. The van der Waals surface area contributed by atoms with Gasteiger partial charge in [-0.05, 0) is 0 Å². The van der Waals surface area contributed by atoms with E-state index in [1.54, 1.807) is 0 Å². The van der Waals surface area contributed by atoms with Crippen LogP contribution in [0.3, 0.4) is 0 Å². The fourth-order valence-electron chi connectivity index (χ4n) is 0.766. The molecule has 0 spiro atoms. The molecule has 1 heterocycles. The van der Waals surface area contributed by atoms with Crippen molar-refractivity contribution >= 4 is 0 Å². The van der Waals surface area contributed by atoms with Gasteiger partial charge in [0.05, 0.1) is 0 Å². The molecule has 50 valence electrons. The van der Waals surface area contributed by atoms with Gasteiger partial charge >= 0.3 is 61.5 Å². The van der Waals surface area contributed by atoms with Crippen LogP contribution in [-0.4, -0.2) is 33.4 Å². The van der Waals surface area contributed by atoms with E-state index in [4.69, 9.17) is 0 Å². The summed E-state index contributed by atoms with van der Waals surface area (Å²) < 4.78 is 3.02. The Labute approximate surface area is 61.7 Å². The number of alkyl halides is 2. The fourth-order valence-corrected chi connectivity index (χ4v) is 3.88. The van der Waals surface area contributed by atoms with Crippen LogP contribution >= 0.6 is 0 Å². The second-order valence-corrected chi connectivity index (χ2v) is 5.40. The third-order valence-electron chi connectivity index (χ3n) is 1.66. The third-order valence-corrected chi connectivity index (χ3v) is 4.80. The topological polar surface area (TPSA) is 3.24 Å². The SMILES string of the molecule is C[C@H]1C[I-]CCN1C. The van der Waals surface area contributed by atoms with E-state index in [0.29, 0.717) is 21.2 Å². The van der Waals surface area contributed by atoms with Gasteiger partial charge in [0.2, 0.25) is 0 Å². The predicted molar refractivity (Wildman–Crippen MR) is 31.8 cm³/mol. The second kappa shape index (κ2) is 3.01. The molecule has 1 fully saturated rings. The summed E-state index contributed by atoms with van der Waals surface area (Å²) in [6, 6.07) is 0.886. The molecule has 0 amide bonds. The molecule has 1 atom stereocenters. The molecule has 1 saturated heterocycles. The predicted octanol–water partition coefficient (Wildman–Crippen LogP) is -2.59. The van der Waals surface area contributed by atoms with Crippen LogP contribution in [0.15, 0.2) is 0 Å². The first-order valence-corrected chi connectivity index (χ1v) is 6.09. The van der Waals surface area contributed by atoms with Crippen LogP contribution in [0.1, 0.15) is 6.92 Å². The van der Waals surface area contributed by atoms with Gasteiger partial charge in [-0.25, -0.2) is 0 Å². The van der Waals surface area contributed by atoms with Crippen molar-refractivity contribution in [2.45, 2.75) is 13.0 Å². The Morgan fingerprint density at radius 2 is 2.38 bits per heavy atom. The summed E-state index contributed by atoms with van der Waals surface area (Å²) >= 11 is 0.606. The van der Waals surface area contributed by atoms with Crippen LogP contribution in [-0.2, 0) is 0 Å².